The zero-order valence-electron chi connectivity index (χ0n) is 16.5. The molecule has 160 valence electrons. The van der Waals surface area contributed by atoms with E-state index in [0.29, 0.717) is 47.1 Å². The first kappa shape index (κ1) is 23.7. The van der Waals surface area contributed by atoms with E-state index in [1.165, 1.54) is 0 Å². The molecular formula is C19H18Cl6N5+. The van der Waals surface area contributed by atoms with Crippen molar-refractivity contribution in [3.63, 3.8) is 0 Å². The van der Waals surface area contributed by atoms with Crippen LogP contribution in [0.15, 0.2) is 29.3 Å². The summed E-state index contributed by atoms with van der Waals surface area (Å²) < 4.78 is 3.41. The molecule has 11 heteroatoms. The molecule has 0 saturated carbocycles. The SMILES string of the molecule is CC(C)N=c1n(C(C)C)n(-c2c(Cl)cc(Cl)cc2Cl)n[n+]1-c1c(Cl)cc(Cl)cc1Cl. The molecule has 3 rings (SSSR count). The Morgan fingerprint density at radius 2 is 1.27 bits per heavy atom. The predicted molar refractivity (Wildman–Crippen MR) is 124 cm³/mol. The Hall–Kier alpha value is -0.950. The van der Waals surface area contributed by atoms with Crippen LogP contribution in [0.5, 0.6) is 0 Å². The molecule has 0 amide bonds. The maximum absolute atomic E-state index is 6.49. The van der Waals surface area contributed by atoms with Gasteiger partial charge in [0.15, 0.2) is 11.4 Å². The summed E-state index contributed by atoms with van der Waals surface area (Å²) in [7, 11) is 0. The Labute approximate surface area is 204 Å². The maximum Gasteiger partial charge on any atom is 0.400 e. The highest BCUT2D eigenvalue weighted by Gasteiger charge is 2.29. The molecule has 0 spiro atoms. The lowest BCUT2D eigenvalue weighted by Crippen LogP contribution is -2.52. The van der Waals surface area contributed by atoms with E-state index in [-0.39, 0.29) is 12.1 Å². The van der Waals surface area contributed by atoms with Crippen LogP contribution in [-0.2, 0) is 0 Å². The van der Waals surface area contributed by atoms with Gasteiger partial charge in [0.05, 0.1) is 32.2 Å². The van der Waals surface area contributed by atoms with Crippen LogP contribution in [0.1, 0.15) is 33.7 Å². The first-order chi connectivity index (χ1) is 14.0. The van der Waals surface area contributed by atoms with Crippen LogP contribution in [0.2, 0.25) is 30.1 Å². The van der Waals surface area contributed by atoms with Crippen molar-refractivity contribution in [1.29, 1.82) is 0 Å². The fourth-order valence-electron chi connectivity index (χ4n) is 2.90. The Morgan fingerprint density at radius 1 is 0.800 bits per heavy atom. The molecule has 0 aliphatic heterocycles. The Bertz CT molecular complexity index is 1130. The molecule has 0 aliphatic carbocycles. The average molecular weight is 529 g/mol. The first-order valence-electron chi connectivity index (χ1n) is 8.99. The number of rotatable bonds is 4. The van der Waals surface area contributed by atoms with Gasteiger partial charge in [-0.05, 0) is 56.8 Å². The third kappa shape index (κ3) is 4.62. The number of nitrogens with zero attached hydrogens (tertiary/aromatic N) is 5. The molecule has 0 saturated heterocycles. The fourth-order valence-corrected chi connectivity index (χ4v) is 4.85. The fraction of sp³-hybridized carbons (Fsp3) is 0.316. The van der Waals surface area contributed by atoms with Gasteiger partial charge >= 0.3 is 5.62 Å². The predicted octanol–water partition coefficient (Wildman–Crippen LogP) is 6.76. The summed E-state index contributed by atoms with van der Waals surface area (Å²) in [5.41, 5.74) is 1.40. The smallest absolute Gasteiger partial charge is 0.141 e. The molecule has 1 heterocycles. The summed E-state index contributed by atoms with van der Waals surface area (Å²) >= 11 is 38.1. The van der Waals surface area contributed by atoms with E-state index in [9.17, 15) is 0 Å². The number of benzene rings is 2. The molecule has 0 bridgehead atoms. The van der Waals surface area contributed by atoms with Crippen LogP contribution in [0.3, 0.4) is 0 Å². The van der Waals surface area contributed by atoms with Gasteiger partial charge in [-0.2, -0.15) is 0 Å². The quantitative estimate of drug-likeness (QED) is 0.345. The van der Waals surface area contributed by atoms with Gasteiger partial charge in [0.1, 0.15) is 0 Å². The van der Waals surface area contributed by atoms with Crippen molar-refractivity contribution >= 4 is 69.6 Å². The minimum atomic E-state index is -0.0658. The van der Waals surface area contributed by atoms with Crippen LogP contribution < -0.4 is 10.3 Å². The Morgan fingerprint density at radius 3 is 1.70 bits per heavy atom. The number of hydrogen-bond acceptors (Lipinski definition) is 2. The van der Waals surface area contributed by atoms with Gasteiger partial charge in [-0.1, -0.05) is 74.3 Å². The van der Waals surface area contributed by atoms with E-state index in [4.69, 9.17) is 79.8 Å². The van der Waals surface area contributed by atoms with Gasteiger partial charge in [-0.3, -0.25) is 0 Å². The van der Waals surface area contributed by atoms with Crippen LogP contribution in [0, 0.1) is 0 Å². The van der Waals surface area contributed by atoms with Gasteiger partial charge in [-0.25, -0.2) is 0 Å². The summed E-state index contributed by atoms with van der Waals surface area (Å²) in [6.45, 7) is 7.90. The number of hydrogen-bond donors (Lipinski definition) is 0. The molecule has 0 radical (unpaired) electrons. The molecule has 3 aromatic rings. The van der Waals surface area contributed by atoms with E-state index < -0.39 is 0 Å². The summed E-state index contributed by atoms with van der Waals surface area (Å²) in [5.74, 6) is 0. The van der Waals surface area contributed by atoms with E-state index >= 15 is 0 Å². The van der Waals surface area contributed by atoms with Crippen molar-refractivity contribution in [2.24, 2.45) is 4.99 Å². The van der Waals surface area contributed by atoms with Crippen molar-refractivity contribution in [2.75, 3.05) is 0 Å². The van der Waals surface area contributed by atoms with Crippen molar-refractivity contribution in [3.05, 3.63) is 60.0 Å². The maximum atomic E-state index is 6.49. The normalized spacial score (nSPS) is 12.5. The molecule has 0 aliphatic rings. The molecule has 0 atom stereocenters. The topological polar surface area (TPSA) is 39.0 Å². The minimum absolute atomic E-state index is 0.0417. The van der Waals surface area contributed by atoms with E-state index in [1.54, 1.807) is 33.7 Å². The zero-order valence-corrected chi connectivity index (χ0v) is 21.0. The van der Waals surface area contributed by atoms with E-state index in [0.717, 1.165) is 0 Å². The summed E-state index contributed by atoms with van der Waals surface area (Å²) in [6, 6.07) is 6.28. The Balaban J connectivity index is 2.49. The lowest BCUT2D eigenvalue weighted by atomic mass is 10.3. The molecule has 5 nitrogen and oxygen atoms in total. The van der Waals surface area contributed by atoms with Crippen molar-refractivity contribution < 1.29 is 4.68 Å². The molecular weight excluding hydrogens is 511 g/mol. The molecule has 0 fully saturated rings. The average Bonchev–Trinajstić information content (AvgIpc) is 2.91. The Kier molecular flexibility index (Phi) is 7.33. The van der Waals surface area contributed by atoms with Crippen LogP contribution in [0.4, 0.5) is 0 Å². The van der Waals surface area contributed by atoms with Crippen LogP contribution in [-0.4, -0.2) is 20.7 Å². The lowest BCUT2D eigenvalue weighted by Gasteiger charge is -2.09. The van der Waals surface area contributed by atoms with Crippen LogP contribution >= 0.6 is 69.6 Å². The third-order valence-corrected chi connectivity index (χ3v) is 5.60. The van der Waals surface area contributed by atoms with Gasteiger partial charge in [-0.15, -0.1) is 9.67 Å². The second kappa shape index (κ2) is 9.27. The molecule has 30 heavy (non-hydrogen) atoms. The van der Waals surface area contributed by atoms with Gasteiger partial charge in [0.2, 0.25) is 0 Å². The third-order valence-electron chi connectivity index (χ3n) is 4.01. The molecule has 0 unspecified atom stereocenters. The lowest BCUT2D eigenvalue weighted by molar-refractivity contribution is -0.678. The zero-order chi connectivity index (χ0) is 22.3. The molecule has 0 N–H and O–H groups in total. The second-order valence-corrected chi connectivity index (χ2v) is 9.59. The highest BCUT2D eigenvalue weighted by molar-refractivity contribution is 6.41. The highest BCUT2D eigenvalue weighted by Crippen LogP contribution is 2.32. The summed E-state index contributed by atoms with van der Waals surface area (Å²) in [6.07, 6.45) is 0. The van der Waals surface area contributed by atoms with Gasteiger partial charge in [0, 0.05) is 15.3 Å². The molecule has 2 aromatic carbocycles. The summed E-state index contributed by atoms with van der Waals surface area (Å²) in [4.78, 5) is 6.34. The van der Waals surface area contributed by atoms with Crippen molar-refractivity contribution in [3.8, 4) is 11.4 Å². The second-order valence-electron chi connectivity index (χ2n) is 7.09. The van der Waals surface area contributed by atoms with Crippen molar-refractivity contribution in [1.82, 2.24) is 14.7 Å². The standard InChI is InChI=1S/C19H18Cl6N5/c1-9(2)26-19-28(17-13(22)5-11(20)6-14(17)23)27-30(29(19)10(3)4)18-15(24)7-12(21)8-16(18)25/h5-10H,1-4H3/q+1. The van der Waals surface area contributed by atoms with Crippen LogP contribution in [0.25, 0.3) is 11.4 Å². The largest absolute Gasteiger partial charge is 0.400 e. The van der Waals surface area contributed by atoms with Gasteiger partial charge in [0.25, 0.3) is 0 Å². The molecule has 1 aromatic heterocycles. The number of halogens is 6. The highest BCUT2D eigenvalue weighted by atomic mass is 35.5. The van der Waals surface area contributed by atoms with Crippen molar-refractivity contribution in [2.45, 2.75) is 39.8 Å². The van der Waals surface area contributed by atoms with Gasteiger partial charge < -0.3 is 0 Å². The number of aromatic nitrogens is 4. The minimum Gasteiger partial charge on any atom is -0.141 e. The summed E-state index contributed by atoms with van der Waals surface area (Å²) in [5, 5.41) is 6.86. The first-order valence-corrected chi connectivity index (χ1v) is 11.3. The van der Waals surface area contributed by atoms with E-state index in [2.05, 4.69) is 0 Å². The number of tetrazole rings is 1. The monoisotopic (exact) mass is 526 g/mol. The van der Waals surface area contributed by atoms with E-state index in [1.807, 2.05) is 32.4 Å².